The molecule has 2 aromatic heterocycles. The number of fused-ring (bicyclic) bond motifs is 1. The molecule has 0 aliphatic carbocycles. The van der Waals surface area contributed by atoms with E-state index in [9.17, 15) is 13.6 Å². The topological polar surface area (TPSA) is 70.9 Å². The highest BCUT2D eigenvalue weighted by Crippen LogP contribution is 2.28. The van der Waals surface area contributed by atoms with Crippen molar-refractivity contribution >= 4 is 16.8 Å². The molecular formula is C19H13F2N3O2. The van der Waals surface area contributed by atoms with Crippen LogP contribution in [-0.4, -0.2) is 16.1 Å². The Labute approximate surface area is 146 Å². The van der Waals surface area contributed by atoms with Gasteiger partial charge in [-0.25, -0.2) is 8.78 Å². The highest BCUT2D eigenvalue weighted by Gasteiger charge is 2.17. The summed E-state index contributed by atoms with van der Waals surface area (Å²) in [6, 6.07) is 11.9. The van der Waals surface area contributed by atoms with Gasteiger partial charge in [0.15, 0.2) is 0 Å². The fourth-order valence-corrected chi connectivity index (χ4v) is 2.74. The number of carbonyl (C=O) groups is 1. The first-order valence-corrected chi connectivity index (χ1v) is 7.86. The van der Waals surface area contributed by atoms with Gasteiger partial charge in [0.05, 0.1) is 23.9 Å². The number of furan rings is 1. The summed E-state index contributed by atoms with van der Waals surface area (Å²) >= 11 is 0. The van der Waals surface area contributed by atoms with Crippen LogP contribution in [0.1, 0.15) is 16.1 Å². The van der Waals surface area contributed by atoms with Gasteiger partial charge in [-0.15, -0.1) is 0 Å². The number of aromatic amines is 1. The van der Waals surface area contributed by atoms with Crippen molar-refractivity contribution in [1.82, 2.24) is 15.5 Å². The smallest absolute Gasteiger partial charge is 0.254 e. The predicted molar refractivity (Wildman–Crippen MR) is 91.3 cm³/mol. The van der Waals surface area contributed by atoms with Gasteiger partial charge in [0.25, 0.3) is 5.91 Å². The van der Waals surface area contributed by atoms with Crippen LogP contribution in [0.3, 0.4) is 0 Å². The minimum absolute atomic E-state index is 0.122. The minimum atomic E-state index is -0.677. The van der Waals surface area contributed by atoms with Crippen molar-refractivity contribution in [1.29, 1.82) is 0 Å². The second kappa shape index (κ2) is 6.44. The average Bonchev–Trinajstić information content (AvgIpc) is 3.28. The average molecular weight is 353 g/mol. The van der Waals surface area contributed by atoms with E-state index in [4.69, 9.17) is 4.42 Å². The summed E-state index contributed by atoms with van der Waals surface area (Å²) in [5, 5.41) is 9.97. The van der Waals surface area contributed by atoms with Crippen molar-refractivity contribution in [2.75, 3.05) is 0 Å². The van der Waals surface area contributed by atoms with Crippen LogP contribution in [0.2, 0.25) is 0 Å². The SMILES string of the molecule is O=C(NCc1ccco1)c1cc2c(-c3cccc(F)c3)n[nH]c2cc1F. The van der Waals surface area contributed by atoms with Gasteiger partial charge in [-0.3, -0.25) is 9.89 Å². The minimum Gasteiger partial charge on any atom is -0.467 e. The van der Waals surface area contributed by atoms with Gasteiger partial charge in [0.1, 0.15) is 23.1 Å². The van der Waals surface area contributed by atoms with Gasteiger partial charge < -0.3 is 9.73 Å². The van der Waals surface area contributed by atoms with E-state index in [-0.39, 0.29) is 12.1 Å². The molecule has 0 atom stereocenters. The van der Waals surface area contributed by atoms with E-state index in [1.165, 1.54) is 30.5 Å². The van der Waals surface area contributed by atoms with Gasteiger partial charge in [-0.05, 0) is 30.3 Å². The molecule has 0 saturated heterocycles. The molecule has 4 rings (SSSR count). The third-order valence-corrected chi connectivity index (χ3v) is 4.00. The molecule has 1 amide bonds. The summed E-state index contributed by atoms with van der Waals surface area (Å²) in [5.41, 5.74) is 1.27. The fourth-order valence-electron chi connectivity index (χ4n) is 2.74. The Bertz CT molecular complexity index is 1090. The van der Waals surface area contributed by atoms with E-state index in [1.807, 2.05) is 0 Å². The number of hydrogen-bond acceptors (Lipinski definition) is 3. The monoisotopic (exact) mass is 353 g/mol. The Balaban J connectivity index is 1.70. The number of rotatable bonds is 4. The van der Waals surface area contributed by atoms with E-state index >= 15 is 0 Å². The van der Waals surface area contributed by atoms with Crippen LogP contribution in [0.4, 0.5) is 8.78 Å². The van der Waals surface area contributed by atoms with Crippen LogP contribution in [-0.2, 0) is 6.54 Å². The van der Waals surface area contributed by atoms with Crippen LogP contribution in [0, 0.1) is 11.6 Å². The van der Waals surface area contributed by atoms with Crippen molar-refractivity contribution in [3.63, 3.8) is 0 Å². The lowest BCUT2D eigenvalue weighted by molar-refractivity contribution is 0.0944. The van der Waals surface area contributed by atoms with Gasteiger partial charge in [0, 0.05) is 17.0 Å². The van der Waals surface area contributed by atoms with Gasteiger partial charge >= 0.3 is 0 Å². The zero-order valence-corrected chi connectivity index (χ0v) is 13.4. The number of nitrogens with one attached hydrogen (secondary N) is 2. The lowest BCUT2D eigenvalue weighted by atomic mass is 10.0. The molecule has 0 radical (unpaired) electrons. The number of aromatic nitrogens is 2. The molecule has 0 saturated carbocycles. The Hall–Kier alpha value is -3.48. The fraction of sp³-hybridized carbons (Fsp3) is 0.0526. The van der Waals surface area contributed by atoms with E-state index in [0.717, 1.165) is 0 Å². The number of amides is 1. The summed E-state index contributed by atoms with van der Waals surface area (Å²) in [7, 11) is 0. The molecule has 0 fully saturated rings. The Morgan fingerprint density at radius 3 is 2.81 bits per heavy atom. The maximum atomic E-state index is 14.3. The van der Waals surface area contributed by atoms with E-state index in [2.05, 4.69) is 15.5 Å². The van der Waals surface area contributed by atoms with Crippen LogP contribution in [0.5, 0.6) is 0 Å². The molecule has 0 unspecified atom stereocenters. The molecular weight excluding hydrogens is 340 g/mol. The maximum Gasteiger partial charge on any atom is 0.254 e. The zero-order chi connectivity index (χ0) is 18.1. The number of halogens is 2. The Kier molecular flexibility index (Phi) is 3.96. The summed E-state index contributed by atoms with van der Waals surface area (Å²) < 4.78 is 33.0. The number of carbonyl (C=O) groups excluding carboxylic acids is 1. The van der Waals surface area contributed by atoms with Crippen molar-refractivity contribution in [2.24, 2.45) is 0 Å². The summed E-state index contributed by atoms with van der Waals surface area (Å²) in [5.74, 6) is -1.10. The first kappa shape index (κ1) is 16.0. The second-order valence-corrected chi connectivity index (χ2v) is 5.72. The highest BCUT2D eigenvalue weighted by molar-refractivity contribution is 6.01. The second-order valence-electron chi connectivity index (χ2n) is 5.72. The molecule has 0 aliphatic heterocycles. The largest absolute Gasteiger partial charge is 0.467 e. The third kappa shape index (κ3) is 2.95. The number of nitrogens with zero attached hydrogens (tertiary/aromatic N) is 1. The molecule has 2 N–H and O–H groups in total. The molecule has 0 spiro atoms. The number of H-pyrrole nitrogens is 1. The molecule has 26 heavy (non-hydrogen) atoms. The molecule has 7 heteroatoms. The standard InChI is InChI=1S/C19H13F2N3O2/c20-12-4-1-3-11(7-12)18-15-8-14(16(21)9-17(15)23-24-18)19(25)22-10-13-5-2-6-26-13/h1-9H,10H2,(H,22,25)(H,23,24). The summed E-state index contributed by atoms with van der Waals surface area (Å²) in [4.78, 5) is 12.3. The van der Waals surface area contributed by atoms with Crippen LogP contribution >= 0.6 is 0 Å². The molecule has 0 aliphatic rings. The third-order valence-electron chi connectivity index (χ3n) is 4.00. The van der Waals surface area contributed by atoms with Crippen LogP contribution in [0.25, 0.3) is 22.2 Å². The maximum absolute atomic E-state index is 14.3. The molecule has 4 aromatic rings. The van der Waals surface area contributed by atoms with Gasteiger partial charge in [-0.1, -0.05) is 12.1 Å². The number of benzene rings is 2. The van der Waals surface area contributed by atoms with Crippen molar-refractivity contribution in [2.45, 2.75) is 6.54 Å². The summed E-state index contributed by atoms with van der Waals surface area (Å²) in [6.07, 6.45) is 1.49. The molecule has 0 bridgehead atoms. The highest BCUT2D eigenvalue weighted by atomic mass is 19.1. The van der Waals surface area contributed by atoms with Gasteiger partial charge in [-0.2, -0.15) is 5.10 Å². The Morgan fingerprint density at radius 1 is 1.15 bits per heavy atom. The van der Waals surface area contributed by atoms with Crippen LogP contribution in [0.15, 0.2) is 59.2 Å². The van der Waals surface area contributed by atoms with Gasteiger partial charge in [0.2, 0.25) is 0 Å². The predicted octanol–water partition coefficient (Wildman–Crippen LogP) is 4.03. The molecule has 5 nitrogen and oxygen atoms in total. The van der Waals surface area contributed by atoms with Crippen LogP contribution < -0.4 is 5.32 Å². The van der Waals surface area contributed by atoms with E-state index in [1.54, 1.807) is 24.3 Å². The van der Waals surface area contributed by atoms with Crippen molar-refractivity contribution in [3.8, 4) is 11.3 Å². The molecule has 2 heterocycles. The first-order chi connectivity index (χ1) is 12.6. The van der Waals surface area contributed by atoms with Crippen molar-refractivity contribution in [3.05, 3.63) is 77.8 Å². The van der Waals surface area contributed by atoms with E-state index < -0.39 is 17.5 Å². The normalized spacial score (nSPS) is 11.0. The Morgan fingerprint density at radius 2 is 2.04 bits per heavy atom. The van der Waals surface area contributed by atoms with Crippen molar-refractivity contribution < 1.29 is 18.0 Å². The van der Waals surface area contributed by atoms with E-state index in [0.29, 0.717) is 27.9 Å². The quantitative estimate of drug-likeness (QED) is 0.582. The lowest BCUT2D eigenvalue weighted by Crippen LogP contribution is -2.23. The first-order valence-electron chi connectivity index (χ1n) is 7.86. The zero-order valence-electron chi connectivity index (χ0n) is 13.4. The number of hydrogen-bond donors (Lipinski definition) is 2. The molecule has 2 aromatic carbocycles. The lowest BCUT2D eigenvalue weighted by Gasteiger charge is -2.06. The molecule has 130 valence electrons. The summed E-state index contributed by atoms with van der Waals surface area (Å²) in [6.45, 7) is 0.144.